The highest BCUT2D eigenvalue weighted by Crippen LogP contribution is 2.32. The van der Waals surface area contributed by atoms with E-state index >= 15 is 0 Å². The summed E-state index contributed by atoms with van der Waals surface area (Å²) in [6.45, 7) is 7.85. The molecule has 2 aromatic rings. The highest BCUT2D eigenvalue weighted by molar-refractivity contribution is 5.96. The lowest BCUT2D eigenvalue weighted by molar-refractivity contribution is 0.0543. The van der Waals surface area contributed by atoms with Crippen LogP contribution in [0.3, 0.4) is 0 Å². The molecular formula is C21H26FN3O4. The standard InChI is InChI=1S/C21H26FN3O4/c1-20(2,3)29-19(26)24-18-12-27-13-21(4,25-18)16-10-14(7-8-17(16)22)23-11-15-6-5-9-28-15/h5-10,23H,11-13H2,1-4H3,(H,24,25,26). The van der Waals surface area contributed by atoms with Gasteiger partial charge in [-0.05, 0) is 58.0 Å². The second-order valence-electron chi connectivity index (χ2n) is 8.08. The molecule has 1 aromatic carbocycles. The van der Waals surface area contributed by atoms with Crippen LogP contribution in [-0.4, -0.2) is 30.7 Å². The molecule has 1 aliphatic rings. The van der Waals surface area contributed by atoms with Gasteiger partial charge >= 0.3 is 6.09 Å². The molecule has 1 aliphatic heterocycles. The Morgan fingerprint density at radius 1 is 1.34 bits per heavy atom. The van der Waals surface area contributed by atoms with E-state index in [1.807, 2.05) is 6.07 Å². The van der Waals surface area contributed by atoms with Gasteiger partial charge in [0.15, 0.2) is 0 Å². The molecule has 7 nitrogen and oxygen atoms in total. The van der Waals surface area contributed by atoms with Crippen molar-refractivity contribution in [3.8, 4) is 0 Å². The first-order chi connectivity index (χ1) is 13.6. The molecule has 0 fully saturated rings. The van der Waals surface area contributed by atoms with Crippen LogP contribution in [0.1, 0.15) is 39.0 Å². The molecule has 3 rings (SSSR count). The van der Waals surface area contributed by atoms with Gasteiger partial charge in [-0.25, -0.2) is 9.18 Å². The van der Waals surface area contributed by atoms with Crippen molar-refractivity contribution in [1.82, 2.24) is 5.32 Å². The Labute approximate surface area is 169 Å². The van der Waals surface area contributed by atoms with E-state index < -0.39 is 23.1 Å². The van der Waals surface area contributed by atoms with Crippen molar-refractivity contribution in [2.45, 2.75) is 45.4 Å². The lowest BCUT2D eigenvalue weighted by Gasteiger charge is -2.32. The first kappa shape index (κ1) is 20.9. The second kappa shape index (κ2) is 8.24. The average Bonchev–Trinajstić information content (AvgIpc) is 3.13. The maximum Gasteiger partial charge on any atom is 0.413 e. The molecule has 0 bridgehead atoms. The molecule has 1 aromatic heterocycles. The first-order valence-electron chi connectivity index (χ1n) is 9.37. The number of anilines is 1. The van der Waals surface area contributed by atoms with Crippen LogP contribution in [-0.2, 0) is 21.6 Å². The Kier molecular flexibility index (Phi) is 5.93. The third-order valence-electron chi connectivity index (χ3n) is 4.24. The maximum absolute atomic E-state index is 14.6. The van der Waals surface area contributed by atoms with Crippen molar-refractivity contribution in [3.63, 3.8) is 0 Å². The summed E-state index contributed by atoms with van der Waals surface area (Å²) in [6.07, 6.45) is 0.972. The molecular weight excluding hydrogens is 377 g/mol. The Hall–Kier alpha value is -2.87. The number of halogens is 1. The van der Waals surface area contributed by atoms with E-state index in [4.69, 9.17) is 13.9 Å². The molecule has 1 atom stereocenters. The summed E-state index contributed by atoms with van der Waals surface area (Å²) in [5.41, 5.74) is -0.537. The number of benzene rings is 1. The van der Waals surface area contributed by atoms with Crippen LogP contribution in [0.25, 0.3) is 0 Å². The van der Waals surface area contributed by atoms with Crippen LogP contribution in [0.5, 0.6) is 0 Å². The Bertz CT molecular complexity index is 890. The number of hydrogen-bond acceptors (Lipinski definition) is 6. The fraction of sp³-hybridized carbons (Fsp3) is 0.429. The van der Waals surface area contributed by atoms with Crippen LogP contribution in [0.2, 0.25) is 0 Å². The number of amidine groups is 1. The minimum Gasteiger partial charge on any atom is -0.467 e. The smallest absolute Gasteiger partial charge is 0.413 e. The quantitative estimate of drug-likeness (QED) is 0.799. The largest absolute Gasteiger partial charge is 0.467 e. The molecule has 8 heteroatoms. The molecule has 0 saturated heterocycles. The van der Waals surface area contributed by atoms with E-state index in [0.717, 1.165) is 11.4 Å². The molecule has 0 saturated carbocycles. The number of carbonyl (C=O) groups is 1. The fourth-order valence-electron chi connectivity index (χ4n) is 2.98. The van der Waals surface area contributed by atoms with Gasteiger partial charge < -0.3 is 19.2 Å². The first-order valence-corrected chi connectivity index (χ1v) is 9.37. The van der Waals surface area contributed by atoms with E-state index in [0.29, 0.717) is 17.9 Å². The maximum atomic E-state index is 14.6. The highest BCUT2D eigenvalue weighted by Gasteiger charge is 2.34. The highest BCUT2D eigenvalue weighted by atomic mass is 19.1. The summed E-state index contributed by atoms with van der Waals surface area (Å²) < 4.78 is 30.8. The summed E-state index contributed by atoms with van der Waals surface area (Å²) in [5, 5.41) is 5.79. The molecule has 2 N–H and O–H groups in total. The van der Waals surface area contributed by atoms with Gasteiger partial charge in [0.05, 0.1) is 19.4 Å². The zero-order valence-corrected chi connectivity index (χ0v) is 17.0. The number of rotatable bonds is 4. The normalized spacial score (nSPS) is 19.4. The van der Waals surface area contributed by atoms with E-state index in [9.17, 15) is 9.18 Å². The molecule has 0 radical (unpaired) electrons. The number of amides is 1. The van der Waals surface area contributed by atoms with Gasteiger partial charge in [0.2, 0.25) is 0 Å². The van der Waals surface area contributed by atoms with Gasteiger partial charge in [0, 0.05) is 11.3 Å². The van der Waals surface area contributed by atoms with Crippen LogP contribution in [0, 0.1) is 5.82 Å². The number of carbonyl (C=O) groups excluding carboxylic acids is 1. The number of nitrogens with one attached hydrogen (secondary N) is 2. The minimum absolute atomic E-state index is 0.118. The number of nitrogens with zero attached hydrogens (tertiary/aromatic N) is 1. The molecule has 1 unspecified atom stereocenters. The molecule has 156 valence electrons. The zero-order valence-electron chi connectivity index (χ0n) is 17.0. The topological polar surface area (TPSA) is 85.1 Å². The van der Waals surface area contributed by atoms with Crippen LogP contribution in [0.15, 0.2) is 46.0 Å². The van der Waals surface area contributed by atoms with Gasteiger partial charge in [0.25, 0.3) is 0 Å². The van der Waals surface area contributed by atoms with Crippen molar-refractivity contribution >= 4 is 17.6 Å². The van der Waals surface area contributed by atoms with Crippen molar-refractivity contribution in [2.24, 2.45) is 4.99 Å². The van der Waals surface area contributed by atoms with Gasteiger partial charge in [0.1, 0.15) is 35.2 Å². The summed E-state index contributed by atoms with van der Waals surface area (Å²) in [4.78, 5) is 16.6. The lowest BCUT2D eigenvalue weighted by atomic mass is 9.91. The van der Waals surface area contributed by atoms with Gasteiger partial charge in [-0.3, -0.25) is 10.3 Å². The molecule has 0 aliphatic carbocycles. The van der Waals surface area contributed by atoms with Crippen LogP contribution < -0.4 is 10.6 Å². The van der Waals surface area contributed by atoms with Crippen LogP contribution in [0.4, 0.5) is 14.9 Å². The molecule has 1 amide bonds. The van der Waals surface area contributed by atoms with E-state index in [1.54, 1.807) is 52.2 Å². The molecule has 29 heavy (non-hydrogen) atoms. The number of furan rings is 1. The SMILES string of the molecule is CC(C)(C)OC(=O)NC1=NC(C)(c2cc(NCc3ccco3)ccc2F)COC1. The molecule has 0 spiro atoms. The third-order valence-corrected chi connectivity index (χ3v) is 4.24. The molecule has 2 heterocycles. The number of alkyl carbamates (subject to hydrolysis) is 1. The lowest BCUT2D eigenvalue weighted by Crippen LogP contribution is -2.44. The monoisotopic (exact) mass is 403 g/mol. The third kappa shape index (κ3) is 5.57. The van der Waals surface area contributed by atoms with E-state index in [-0.39, 0.29) is 13.2 Å². The summed E-state index contributed by atoms with van der Waals surface area (Å²) >= 11 is 0. The van der Waals surface area contributed by atoms with Crippen LogP contribution >= 0.6 is 0 Å². The predicted octanol–water partition coefficient (Wildman–Crippen LogP) is 4.20. The van der Waals surface area contributed by atoms with E-state index in [1.165, 1.54) is 6.07 Å². The Morgan fingerprint density at radius 2 is 2.14 bits per heavy atom. The van der Waals surface area contributed by atoms with Crippen molar-refractivity contribution in [3.05, 3.63) is 53.7 Å². The second-order valence-corrected chi connectivity index (χ2v) is 8.08. The van der Waals surface area contributed by atoms with Gasteiger partial charge in [-0.2, -0.15) is 0 Å². The summed E-state index contributed by atoms with van der Waals surface area (Å²) in [6, 6.07) is 8.39. The Morgan fingerprint density at radius 3 is 2.83 bits per heavy atom. The van der Waals surface area contributed by atoms with Crippen molar-refractivity contribution in [2.75, 3.05) is 18.5 Å². The van der Waals surface area contributed by atoms with Crippen molar-refractivity contribution < 1.29 is 23.1 Å². The minimum atomic E-state index is -0.991. The summed E-state index contributed by atoms with van der Waals surface area (Å²) in [7, 11) is 0. The van der Waals surface area contributed by atoms with Crippen molar-refractivity contribution in [1.29, 1.82) is 0 Å². The van der Waals surface area contributed by atoms with Gasteiger partial charge in [-0.1, -0.05) is 0 Å². The van der Waals surface area contributed by atoms with E-state index in [2.05, 4.69) is 15.6 Å². The number of ether oxygens (including phenoxy) is 2. The zero-order chi connectivity index (χ0) is 21.1. The fourth-order valence-corrected chi connectivity index (χ4v) is 2.98. The number of hydrogen-bond donors (Lipinski definition) is 2. The summed E-state index contributed by atoms with van der Waals surface area (Å²) in [5.74, 6) is 0.660. The Balaban J connectivity index is 1.78. The predicted molar refractivity (Wildman–Crippen MR) is 107 cm³/mol. The number of aliphatic imine (C=N–C) groups is 1. The van der Waals surface area contributed by atoms with Gasteiger partial charge in [-0.15, -0.1) is 0 Å². The average molecular weight is 403 g/mol.